The Balaban J connectivity index is 1.32. The van der Waals surface area contributed by atoms with Crippen LogP contribution in [-0.4, -0.2) is 37.8 Å². The van der Waals surface area contributed by atoms with Crippen LogP contribution in [0.4, 0.5) is 5.69 Å². The molecule has 8 heteroatoms. The smallest absolute Gasteiger partial charge is 0.252 e. The Morgan fingerprint density at radius 2 is 1.70 bits per heavy atom. The van der Waals surface area contributed by atoms with Crippen molar-refractivity contribution in [1.29, 1.82) is 0 Å². The number of hydrogen-bond acceptors (Lipinski definition) is 5. The lowest BCUT2D eigenvalue weighted by Gasteiger charge is -2.25. The van der Waals surface area contributed by atoms with Crippen LogP contribution in [-0.2, 0) is 21.2 Å². The first-order chi connectivity index (χ1) is 14.5. The summed E-state index contributed by atoms with van der Waals surface area (Å²) in [7, 11) is -3.44. The predicted molar refractivity (Wildman–Crippen MR) is 119 cm³/mol. The minimum absolute atomic E-state index is 0.153. The summed E-state index contributed by atoms with van der Waals surface area (Å²) in [4.78, 5) is 13.2. The molecule has 2 heterocycles. The molecule has 0 atom stereocenters. The zero-order chi connectivity index (χ0) is 21.0. The van der Waals surface area contributed by atoms with Crippen molar-refractivity contribution in [3.05, 3.63) is 41.3 Å². The van der Waals surface area contributed by atoms with Crippen molar-refractivity contribution in [2.75, 3.05) is 18.4 Å². The van der Waals surface area contributed by atoms with Gasteiger partial charge in [0.25, 0.3) is 10.0 Å². The number of nitrogens with zero attached hydrogens (tertiary/aromatic N) is 1. The van der Waals surface area contributed by atoms with Gasteiger partial charge in [0.2, 0.25) is 5.91 Å². The second-order valence-corrected chi connectivity index (χ2v) is 11.3. The molecule has 1 saturated carbocycles. The lowest BCUT2D eigenvalue weighted by molar-refractivity contribution is -0.115. The van der Waals surface area contributed by atoms with Crippen LogP contribution < -0.4 is 10.1 Å². The van der Waals surface area contributed by atoms with E-state index in [1.807, 2.05) is 24.3 Å². The Bertz CT molecular complexity index is 957. The number of anilines is 1. The highest BCUT2D eigenvalue weighted by molar-refractivity contribution is 7.91. The van der Waals surface area contributed by atoms with Crippen LogP contribution in [0.3, 0.4) is 0 Å². The maximum Gasteiger partial charge on any atom is 0.252 e. The first-order valence-electron chi connectivity index (χ1n) is 10.7. The number of carbonyl (C=O) groups is 1. The Labute approximate surface area is 182 Å². The summed E-state index contributed by atoms with van der Waals surface area (Å²) in [5.41, 5.74) is 0.705. The van der Waals surface area contributed by atoms with E-state index in [0.717, 1.165) is 42.7 Å². The number of benzene rings is 1. The van der Waals surface area contributed by atoms with Crippen LogP contribution in [0.1, 0.15) is 49.8 Å². The molecule has 1 amide bonds. The number of ether oxygens (including phenoxy) is 1. The van der Waals surface area contributed by atoms with Gasteiger partial charge in [0.1, 0.15) is 9.96 Å². The van der Waals surface area contributed by atoms with Gasteiger partial charge in [-0.3, -0.25) is 4.79 Å². The van der Waals surface area contributed by atoms with E-state index in [2.05, 4.69) is 5.32 Å². The highest BCUT2D eigenvalue weighted by Crippen LogP contribution is 2.28. The molecule has 1 N–H and O–H groups in total. The quantitative estimate of drug-likeness (QED) is 0.680. The number of piperidine rings is 1. The van der Waals surface area contributed by atoms with Gasteiger partial charge in [-0.1, -0.05) is 6.42 Å². The molecule has 2 aliphatic rings. The van der Waals surface area contributed by atoms with Crippen LogP contribution in [0, 0.1) is 0 Å². The lowest BCUT2D eigenvalue weighted by atomic mass is 10.2. The Kier molecular flexibility index (Phi) is 6.75. The van der Waals surface area contributed by atoms with Crippen LogP contribution in [0.15, 0.2) is 40.6 Å². The van der Waals surface area contributed by atoms with E-state index in [0.29, 0.717) is 29.1 Å². The number of amides is 1. The topological polar surface area (TPSA) is 75.7 Å². The Morgan fingerprint density at radius 3 is 2.40 bits per heavy atom. The van der Waals surface area contributed by atoms with Crippen molar-refractivity contribution in [2.45, 2.75) is 61.7 Å². The zero-order valence-corrected chi connectivity index (χ0v) is 18.6. The molecule has 30 heavy (non-hydrogen) atoms. The molecule has 1 aromatic carbocycles. The Hall–Kier alpha value is -1.90. The zero-order valence-electron chi connectivity index (χ0n) is 17.0. The molecule has 2 fully saturated rings. The van der Waals surface area contributed by atoms with Gasteiger partial charge < -0.3 is 10.1 Å². The number of nitrogens with one attached hydrogen (secondary N) is 1. The highest BCUT2D eigenvalue weighted by atomic mass is 32.2. The minimum atomic E-state index is -3.44. The van der Waals surface area contributed by atoms with E-state index >= 15 is 0 Å². The number of carbonyl (C=O) groups excluding carboxylic acids is 1. The molecule has 4 rings (SSSR count). The van der Waals surface area contributed by atoms with Gasteiger partial charge in [-0.15, -0.1) is 11.3 Å². The molecule has 1 aliphatic heterocycles. The molecule has 0 bridgehead atoms. The van der Waals surface area contributed by atoms with Gasteiger partial charge >= 0.3 is 0 Å². The molecule has 1 saturated heterocycles. The third kappa shape index (κ3) is 5.22. The van der Waals surface area contributed by atoms with Crippen LogP contribution in [0.5, 0.6) is 5.75 Å². The summed E-state index contributed by atoms with van der Waals surface area (Å²) in [6.07, 6.45) is 8.01. The molecular weight excluding hydrogens is 420 g/mol. The van der Waals surface area contributed by atoms with Crippen molar-refractivity contribution < 1.29 is 17.9 Å². The number of thiophene rings is 1. The summed E-state index contributed by atoms with van der Waals surface area (Å²) in [6, 6.07) is 10.8. The first-order valence-corrected chi connectivity index (χ1v) is 12.9. The largest absolute Gasteiger partial charge is 0.490 e. The molecule has 6 nitrogen and oxygen atoms in total. The summed E-state index contributed by atoms with van der Waals surface area (Å²) >= 11 is 1.18. The summed E-state index contributed by atoms with van der Waals surface area (Å²) in [6.45, 7) is 1.16. The number of hydrogen-bond donors (Lipinski definition) is 1. The van der Waals surface area contributed by atoms with Crippen molar-refractivity contribution in [2.24, 2.45) is 0 Å². The van der Waals surface area contributed by atoms with E-state index in [9.17, 15) is 13.2 Å². The second kappa shape index (κ2) is 9.49. The maximum atomic E-state index is 12.8. The van der Waals surface area contributed by atoms with E-state index in [4.69, 9.17) is 4.74 Å². The normalized spacial score (nSPS) is 18.4. The molecule has 0 spiro atoms. The highest BCUT2D eigenvalue weighted by Gasteiger charge is 2.27. The van der Waals surface area contributed by atoms with E-state index in [-0.39, 0.29) is 12.3 Å². The van der Waals surface area contributed by atoms with E-state index in [1.54, 1.807) is 16.4 Å². The maximum absolute atomic E-state index is 12.8. The lowest BCUT2D eigenvalue weighted by Crippen LogP contribution is -2.35. The number of sulfonamides is 1. The fourth-order valence-corrected chi connectivity index (χ4v) is 7.03. The number of rotatable bonds is 7. The van der Waals surface area contributed by atoms with Crippen molar-refractivity contribution in [3.63, 3.8) is 0 Å². The van der Waals surface area contributed by atoms with Gasteiger partial charge in [0.05, 0.1) is 12.5 Å². The monoisotopic (exact) mass is 448 g/mol. The summed E-state index contributed by atoms with van der Waals surface area (Å²) in [5, 5.41) is 2.87. The second-order valence-electron chi connectivity index (χ2n) is 7.96. The fraction of sp³-hybridized carbons (Fsp3) is 0.500. The van der Waals surface area contributed by atoms with Crippen LogP contribution >= 0.6 is 11.3 Å². The molecule has 162 valence electrons. The molecule has 0 unspecified atom stereocenters. The average Bonchev–Trinajstić information content (AvgIpc) is 3.43. The molecule has 0 radical (unpaired) electrons. The van der Waals surface area contributed by atoms with Crippen LogP contribution in [0.2, 0.25) is 0 Å². The van der Waals surface area contributed by atoms with Crippen molar-refractivity contribution >= 4 is 33.0 Å². The minimum Gasteiger partial charge on any atom is -0.490 e. The van der Waals surface area contributed by atoms with Gasteiger partial charge in [0, 0.05) is 23.7 Å². The summed E-state index contributed by atoms with van der Waals surface area (Å²) < 4.78 is 33.3. The van der Waals surface area contributed by atoms with Gasteiger partial charge in [0.15, 0.2) is 0 Å². The third-order valence-electron chi connectivity index (χ3n) is 5.62. The first kappa shape index (κ1) is 21.3. The van der Waals surface area contributed by atoms with E-state index in [1.165, 1.54) is 24.2 Å². The average molecular weight is 449 g/mol. The van der Waals surface area contributed by atoms with Crippen molar-refractivity contribution in [1.82, 2.24) is 4.31 Å². The summed E-state index contributed by atoms with van der Waals surface area (Å²) in [5.74, 6) is 0.661. The SMILES string of the molecule is O=C(Cc1ccc(S(=O)(=O)N2CCCCC2)s1)Nc1ccc(OC2CCCC2)cc1. The Morgan fingerprint density at radius 1 is 1.00 bits per heavy atom. The van der Waals surface area contributed by atoms with E-state index < -0.39 is 10.0 Å². The van der Waals surface area contributed by atoms with Gasteiger partial charge in [-0.25, -0.2) is 8.42 Å². The third-order valence-corrected chi connectivity index (χ3v) is 9.08. The predicted octanol–water partition coefficient (Wildman–Crippen LogP) is 4.43. The molecule has 1 aromatic heterocycles. The van der Waals surface area contributed by atoms with Gasteiger partial charge in [-0.2, -0.15) is 4.31 Å². The molecular formula is C22H28N2O4S2. The standard InChI is InChI=1S/C22H28N2O4S2/c25-21(23-17-8-10-19(11-9-17)28-18-6-2-3-7-18)16-20-12-13-22(29-20)30(26,27)24-14-4-1-5-15-24/h8-13,18H,1-7,14-16H2,(H,23,25). The van der Waals surface area contributed by atoms with Gasteiger partial charge in [-0.05, 0) is 74.9 Å². The van der Waals surface area contributed by atoms with Crippen LogP contribution in [0.25, 0.3) is 0 Å². The molecule has 1 aliphatic carbocycles. The fourth-order valence-electron chi connectivity index (χ4n) is 4.00. The van der Waals surface area contributed by atoms with Crippen molar-refractivity contribution in [3.8, 4) is 5.75 Å². The molecule has 2 aromatic rings.